The number of piperidine rings is 1. The van der Waals surface area contributed by atoms with Gasteiger partial charge in [0.1, 0.15) is 5.75 Å². The molecule has 27 heavy (non-hydrogen) atoms. The minimum atomic E-state index is -0.0853. The third kappa shape index (κ3) is 5.23. The fourth-order valence-electron chi connectivity index (χ4n) is 3.32. The molecule has 1 N–H and O–H groups in total. The van der Waals surface area contributed by atoms with E-state index in [-0.39, 0.29) is 30.6 Å². The second kappa shape index (κ2) is 9.24. The van der Waals surface area contributed by atoms with Gasteiger partial charge in [-0.25, -0.2) is 0 Å². The molecule has 2 heterocycles. The zero-order valence-electron chi connectivity index (χ0n) is 15.2. The summed E-state index contributed by atoms with van der Waals surface area (Å²) in [7, 11) is 1.67. The van der Waals surface area contributed by atoms with Gasteiger partial charge in [-0.3, -0.25) is 9.59 Å². The first-order valence-electron chi connectivity index (χ1n) is 9.02. The van der Waals surface area contributed by atoms with E-state index in [9.17, 15) is 9.59 Å². The standard InChI is InChI=1S/C20H23ClN2O3S/c1-26-17-7-3-2-6-15(17)23-12-4-5-14(13-23)22-20(25)11-8-16(24)18-9-10-19(21)27-18/h2-3,6-7,9-10,14H,4-5,8,11-13H2,1H3,(H,22,25). The number of Topliss-reactive ketones (excluding diaryl/α,β-unsaturated/α-hetero) is 1. The molecule has 0 saturated carbocycles. The van der Waals surface area contributed by atoms with E-state index in [4.69, 9.17) is 16.3 Å². The van der Waals surface area contributed by atoms with E-state index in [0.717, 1.165) is 37.4 Å². The Hall–Kier alpha value is -2.05. The van der Waals surface area contributed by atoms with Gasteiger partial charge in [-0.05, 0) is 37.1 Å². The zero-order chi connectivity index (χ0) is 19.2. The molecule has 1 amide bonds. The second-order valence-corrected chi connectivity index (χ2v) is 8.27. The van der Waals surface area contributed by atoms with Crippen molar-refractivity contribution in [2.24, 2.45) is 0 Å². The van der Waals surface area contributed by atoms with Crippen LogP contribution in [0.2, 0.25) is 4.34 Å². The molecule has 1 atom stereocenters. The molecule has 7 heteroatoms. The Morgan fingerprint density at radius 1 is 1.26 bits per heavy atom. The van der Waals surface area contributed by atoms with Crippen molar-refractivity contribution in [1.82, 2.24) is 5.32 Å². The quantitative estimate of drug-likeness (QED) is 0.701. The van der Waals surface area contributed by atoms with Crippen LogP contribution in [0.5, 0.6) is 5.75 Å². The fraction of sp³-hybridized carbons (Fsp3) is 0.400. The highest BCUT2D eigenvalue weighted by Gasteiger charge is 2.23. The molecule has 1 aliphatic heterocycles. The monoisotopic (exact) mass is 406 g/mol. The smallest absolute Gasteiger partial charge is 0.220 e. The molecule has 0 aliphatic carbocycles. The number of hydrogen-bond acceptors (Lipinski definition) is 5. The third-order valence-electron chi connectivity index (χ3n) is 4.64. The molecule has 0 bridgehead atoms. The second-order valence-electron chi connectivity index (χ2n) is 6.55. The average Bonchev–Trinajstić information content (AvgIpc) is 3.12. The summed E-state index contributed by atoms with van der Waals surface area (Å²) in [5.41, 5.74) is 1.05. The minimum Gasteiger partial charge on any atom is -0.495 e. The highest BCUT2D eigenvalue weighted by molar-refractivity contribution is 7.18. The van der Waals surface area contributed by atoms with Crippen LogP contribution in [-0.4, -0.2) is 37.9 Å². The van der Waals surface area contributed by atoms with Gasteiger partial charge in [-0.2, -0.15) is 0 Å². The van der Waals surface area contributed by atoms with Gasteiger partial charge >= 0.3 is 0 Å². The van der Waals surface area contributed by atoms with E-state index in [2.05, 4.69) is 10.2 Å². The summed E-state index contributed by atoms with van der Waals surface area (Å²) in [5.74, 6) is 0.712. The van der Waals surface area contributed by atoms with Crippen LogP contribution in [0.3, 0.4) is 0 Å². The van der Waals surface area contributed by atoms with Gasteiger partial charge in [0.2, 0.25) is 5.91 Å². The lowest BCUT2D eigenvalue weighted by Gasteiger charge is -2.35. The summed E-state index contributed by atoms with van der Waals surface area (Å²) in [6.07, 6.45) is 2.33. The molecule has 1 aliphatic rings. The van der Waals surface area contributed by atoms with Crippen molar-refractivity contribution >= 4 is 40.3 Å². The van der Waals surface area contributed by atoms with Crippen LogP contribution in [0, 0.1) is 0 Å². The average molecular weight is 407 g/mol. The Balaban J connectivity index is 1.51. The lowest BCUT2D eigenvalue weighted by molar-refractivity contribution is -0.121. The molecule has 0 radical (unpaired) electrons. The third-order valence-corrected chi connectivity index (χ3v) is 5.91. The van der Waals surface area contributed by atoms with Crippen molar-refractivity contribution in [1.29, 1.82) is 0 Å². The van der Waals surface area contributed by atoms with Gasteiger partial charge in [-0.15, -0.1) is 11.3 Å². The van der Waals surface area contributed by atoms with Crippen LogP contribution < -0.4 is 15.0 Å². The number of rotatable bonds is 7. The maximum absolute atomic E-state index is 12.3. The van der Waals surface area contributed by atoms with Gasteiger partial charge in [0.05, 0.1) is 22.0 Å². The van der Waals surface area contributed by atoms with Crippen molar-refractivity contribution < 1.29 is 14.3 Å². The number of thiophene rings is 1. The minimum absolute atomic E-state index is 0.0404. The van der Waals surface area contributed by atoms with Crippen LogP contribution in [-0.2, 0) is 4.79 Å². The Labute approximate surface area is 168 Å². The van der Waals surface area contributed by atoms with E-state index < -0.39 is 0 Å². The number of ketones is 1. The molecular formula is C20H23ClN2O3S. The SMILES string of the molecule is COc1ccccc1N1CCCC(NC(=O)CCC(=O)c2ccc(Cl)s2)C1. The van der Waals surface area contributed by atoms with Crippen molar-refractivity contribution in [2.75, 3.05) is 25.1 Å². The maximum Gasteiger partial charge on any atom is 0.220 e. The van der Waals surface area contributed by atoms with Crippen LogP contribution in [0.4, 0.5) is 5.69 Å². The van der Waals surface area contributed by atoms with E-state index in [0.29, 0.717) is 9.21 Å². The fourth-order valence-corrected chi connectivity index (χ4v) is 4.33. The lowest BCUT2D eigenvalue weighted by atomic mass is 10.0. The predicted octanol–water partition coefficient (Wildman–Crippen LogP) is 4.16. The first kappa shape index (κ1) is 19.7. The summed E-state index contributed by atoms with van der Waals surface area (Å²) in [4.78, 5) is 27.2. The van der Waals surface area contributed by atoms with E-state index in [1.807, 2.05) is 24.3 Å². The molecule has 144 valence electrons. The molecule has 1 unspecified atom stereocenters. The summed E-state index contributed by atoms with van der Waals surface area (Å²) in [6.45, 7) is 1.67. The molecule has 3 rings (SSSR count). The Kier molecular flexibility index (Phi) is 6.74. The first-order chi connectivity index (χ1) is 13.1. The highest BCUT2D eigenvalue weighted by atomic mass is 35.5. The number of methoxy groups -OCH3 is 1. The number of nitrogens with zero attached hydrogens (tertiary/aromatic N) is 1. The number of ether oxygens (including phenoxy) is 1. The van der Waals surface area contributed by atoms with Gasteiger partial charge in [0, 0.05) is 32.0 Å². The molecule has 2 aromatic rings. The maximum atomic E-state index is 12.3. The van der Waals surface area contributed by atoms with Crippen LogP contribution in [0.1, 0.15) is 35.4 Å². The highest BCUT2D eigenvalue weighted by Crippen LogP contribution is 2.30. The number of anilines is 1. The number of halogens is 1. The van der Waals surface area contributed by atoms with Crippen molar-refractivity contribution in [3.8, 4) is 5.75 Å². The zero-order valence-corrected chi connectivity index (χ0v) is 16.8. The number of benzene rings is 1. The van der Waals surface area contributed by atoms with E-state index in [1.54, 1.807) is 19.2 Å². The molecule has 1 fully saturated rings. The molecule has 1 aromatic heterocycles. The van der Waals surface area contributed by atoms with Gasteiger partial charge in [0.15, 0.2) is 5.78 Å². The van der Waals surface area contributed by atoms with Gasteiger partial charge in [0.25, 0.3) is 0 Å². The molecular weight excluding hydrogens is 384 g/mol. The van der Waals surface area contributed by atoms with Crippen molar-refractivity contribution in [3.63, 3.8) is 0 Å². The first-order valence-corrected chi connectivity index (χ1v) is 10.2. The van der Waals surface area contributed by atoms with Crippen LogP contribution >= 0.6 is 22.9 Å². The van der Waals surface area contributed by atoms with Crippen LogP contribution in [0.25, 0.3) is 0 Å². The molecule has 1 aromatic carbocycles. The lowest BCUT2D eigenvalue weighted by Crippen LogP contribution is -2.48. The topological polar surface area (TPSA) is 58.6 Å². The number of nitrogens with one attached hydrogen (secondary N) is 1. The molecule has 1 saturated heterocycles. The predicted molar refractivity (Wildman–Crippen MR) is 109 cm³/mol. The summed E-state index contributed by atoms with van der Waals surface area (Å²) < 4.78 is 6.03. The molecule has 5 nitrogen and oxygen atoms in total. The van der Waals surface area contributed by atoms with Crippen LogP contribution in [0.15, 0.2) is 36.4 Å². The summed E-state index contributed by atoms with van der Waals surface area (Å²) in [6, 6.07) is 11.4. The van der Waals surface area contributed by atoms with Crippen molar-refractivity contribution in [3.05, 3.63) is 45.6 Å². The number of carbonyl (C=O) groups excluding carboxylic acids is 2. The number of carbonyl (C=O) groups is 2. The number of hydrogen-bond donors (Lipinski definition) is 1. The number of amides is 1. The van der Waals surface area contributed by atoms with E-state index >= 15 is 0 Å². The Morgan fingerprint density at radius 2 is 2.07 bits per heavy atom. The van der Waals surface area contributed by atoms with Crippen molar-refractivity contribution in [2.45, 2.75) is 31.7 Å². The molecule has 0 spiro atoms. The number of para-hydroxylation sites is 2. The van der Waals surface area contributed by atoms with Gasteiger partial charge in [-0.1, -0.05) is 23.7 Å². The Bertz CT molecular complexity index is 808. The van der Waals surface area contributed by atoms with E-state index in [1.165, 1.54) is 11.3 Å². The van der Waals surface area contributed by atoms with Gasteiger partial charge < -0.3 is 15.0 Å². The Morgan fingerprint density at radius 3 is 2.81 bits per heavy atom. The normalized spacial score (nSPS) is 16.8. The summed E-state index contributed by atoms with van der Waals surface area (Å²) in [5, 5.41) is 3.07. The largest absolute Gasteiger partial charge is 0.495 e. The summed E-state index contributed by atoms with van der Waals surface area (Å²) >= 11 is 7.11.